The van der Waals surface area contributed by atoms with E-state index in [1.54, 1.807) is 26.2 Å². The normalized spacial score (nSPS) is 23.6. The highest BCUT2D eigenvalue weighted by Gasteiger charge is 2.29. The predicted octanol–water partition coefficient (Wildman–Crippen LogP) is 2.34. The van der Waals surface area contributed by atoms with E-state index in [1.165, 1.54) is 0 Å². The summed E-state index contributed by atoms with van der Waals surface area (Å²) in [4.78, 5) is 11.7. The van der Waals surface area contributed by atoms with Crippen molar-refractivity contribution in [3.8, 4) is 0 Å². The highest BCUT2D eigenvalue weighted by molar-refractivity contribution is 6.35. The monoisotopic (exact) mass is 306 g/mol. The van der Waals surface area contributed by atoms with Crippen LogP contribution in [0.1, 0.15) is 20.8 Å². The summed E-state index contributed by atoms with van der Waals surface area (Å²) in [6, 6.07) is -0.425. The van der Waals surface area contributed by atoms with Gasteiger partial charge < -0.3 is 15.4 Å². The van der Waals surface area contributed by atoms with Crippen molar-refractivity contribution in [1.29, 1.82) is 0 Å². The van der Waals surface area contributed by atoms with Crippen LogP contribution in [0.3, 0.4) is 0 Å². The number of carbonyl (C=O) groups is 1. The minimum absolute atomic E-state index is 0.0257. The first-order valence-electron chi connectivity index (χ1n) is 6.23. The van der Waals surface area contributed by atoms with Crippen LogP contribution in [-0.4, -0.2) is 31.2 Å². The summed E-state index contributed by atoms with van der Waals surface area (Å²) < 4.78 is 5.41. The fourth-order valence-electron chi connectivity index (χ4n) is 1.70. The molecule has 0 saturated heterocycles. The summed E-state index contributed by atoms with van der Waals surface area (Å²) in [5.41, 5.74) is 0. The van der Waals surface area contributed by atoms with E-state index in [9.17, 15) is 4.79 Å². The van der Waals surface area contributed by atoms with E-state index in [0.717, 1.165) is 0 Å². The molecule has 1 aliphatic heterocycles. The van der Waals surface area contributed by atoms with Crippen LogP contribution in [0.2, 0.25) is 0 Å². The molecule has 6 heteroatoms. The first-order chi connectivity index (χ1) is 8.86. The minimum Gasteiger partial charge on any atom is -0.461 e. The lowest BCUT2D eigenvalue weighted by atomic mass is 9.95. The Kier molecular flexibility index (Phi) is 6.17. The second kappa shape index (κ2) is 7.17. The van der Waals surface area contributed by atoms with Crippen molar-refractivity contribution in [2.24, 2.45) is 5.92 Å². The van der Waals surface area contributed by atoms with E-state index >= 15 is 0 Å². The highest BCUT2D eigenvalue weighted by Crippen LogP contribution is 2.26. The number of carbonyl (C=O) groups excluding carboxylic acids is 1. The quantitative estimate of drug-likeness (QED) is 0.766. The third-order valence-corrected chi connectivity index (χ3v) is 3.89. The Labute approximate surface area is 124 Å². The van der Waals surface area contributed by atoms with Gasteiger partial charge in [0, 0.05) is 17.2 Å². The largest absolute Gasteiger partial charge is 0.461 e. The Bertz CT molecular complexity index is 396. The van der Waals surface area contributed by atoms with Crippen LogP contribution in [0.15, 0.2) is 22.3 Å². The summed E-state index contributed by atoms with van der Waals surface area (Å²) in [5, 5.41) is 7.14. The first kappa shape index (κ1) is 16.3. The smallest absolute Gasteiger partial charge is 0.323 e. The Morgan fingerprint density at radius 1 is 1.42 bits per heavy atom. The van der Waals surface area contributed by atoms with Gasteiger partial charge >= 0.3 is 5.97 Å². The number of hydrogen-bond donors (Lipinski definition) is 2. The molecule has 0 radical (unpaired) electrons. The topological polar surface area (TPSA) is 50.4 Å². The van der Waals surface area contributed by atoms with Crippen LogP contribution < -0.4 is 10.6 Å². The highest BCUT2D eigenvalue weighted by atomic mass is 35.5. The van der Waals surface area contributed by atoms with Gasteiger partial charge in [0.1, 0.15) is 12.1 Å². The average Bonchev–Trinajstić information content (AvgIpc) is 2.36. The number of likely N-dealkylation sites (N-methyl/N-ethyl adjacent to an activating group) is 1. The summed E-state index contributed by atoms with van der Waals surface area (Å²) in [6.45, 7) is 5.59. The van der Waals surface area contributed by atoms with E-state index in [0.29, 0.717) is 10.1 Å². The molecular weight excluding hydrogens is 287 g/mol. The molecule has 0 spiro atoms. The molecular formula is C13H20Cl2N2O2. The maximum atomic E-state index is 11.7. The van der Waals surface area contributed by atoms with Gasteiger partial charge in [-0.15, -0.1) is 0 Å². The number of dihydropyridines is 1. The van der Waals surface area contributed by atoms with E-state index in [1.807, 2.05) is 13.8 Å². The van der Waals surface area contributed by atoms with Crippen LogP contribution in [0.25, 0.3) is 0 Å². The zero-order chi connectivity index (χ0) is 14.6. The lowest BCUT2D eigenvalue weighted by Crippen LogP contribution is -2.42. The molecule has 0 aliphatic carbocycles. The van der Waals surface area contributed by atoms with Crippen LogP contribution in [0.4, 0.5) is 0 Å². The standard InChI is InChI=1S/C13H20Cl2N2O2/c1-7(9(3)19-13(18)8(2)16-4)12-11(15)5-10(14)6-17-12/h5-9,12,16-17H,1-4H3/t7?,8-,9?,12?/m0/s1. The summed E-state index contributed by atoms with van der Waals surface area (Å²) in [7, 11) is 1.72. The molecule has 108 valence electrons. The van der Waals surface area contributed by atoms with E-state index in [2.05, 4.69) is 10.6 Å². The van der Waals surface area contributed by atoms with Gasteiger partial charge in [-0.1, -0.05) is 30.1 Å². The maximum absolute atomic E-state index is 11.7. The molecule has 19 heavy (non-hydrogen) atoms. The van der Waals surface area contributed by atoms with Gasteiger partial charge in [0.05, 0.1) is 11.1 Å². The molecule has 4 nitrogen and oxygen atoms in total. The Morgan fingerprint density at radius 3 is 2.58 bits per heavy atom. The Balaban J connectivity index is 2.61. The number of nitrogens with one attached hydrogen (secondary N) is 2. The lowest BCUT2D eigenvalue weighted by Gasteiger charge is -2.31. The van der Waals surface area contributed by atoms with Gasteiger partial charge in [-0.05, 0) is 27.0 Å². The molecule has 0 saturated carbocycles. The lowest BCUT2D eigenvalue weighted by molar-refractivity contribution is -0.152. The molecule has 1 rings (SSSR count). The predicted molar refractivity (Wildman–Crippen MR) is 78.0 cm³/mol. The molecule has 1 heterocycles. The van der Waals surface area contributed by atoms with Crippen molar-refractivity contribution in [3.05, 3.63) is 22.3 Å². The number of allylic oxidation sites excluding steroid dienone is 2. The van der Waals surface area contributed by atoms with Crippen molar-refractivity contribution < 1.29 is 9.53 Å². The van der Waals surface area contributed by atoms with Gasteiger partial charge in [0.2, 0.25) is 0 Å². The van der Waals surface area contributed by atoms with E-state index < -0.39 is 0 Å². The Hall–Kier alpha value is -0.710. The third kappa shape index (κ3) is 4.41. The molecule has 2 N–H and O–H groups in total. The number of ether oxygens (including phenoxy) is 1. The zero-order valence-corrected chi connectivity index (χ0v) is 13.0. The van der Waals surface area contributed by atoms with Gasteiger partial charge in [-0.2, -0.15) is 0 Å². The molecule has 0 aromatic carbocycles. The first-order valence-corrected chi connectivity index (χ1v) is 6.99. The summed E-state index contributed by atoms with van der Waals surface area (Å²) in [6.07, 6.45) is 3.14. The van der Waals surface area contributed by atoms with Gasteiger partial charge in [0.15, 0.2) is 0 Å². The second-order valence-corrected chi connectivity index (χ2v) is 5.59. The number of esters is 1. The summed E-state index contributed by atoms with van der Waals surface area (Å²) >= 11 is 12.0. The van der Waals surface area contributed by atoms with Crippen LogP contribution >= 0.6 is 23.2 Å². The van der Waals surface area contributed by atoms with E-state index in [4.69, 9.17) is 27.9 Å². The summed E-state index contributed by atoms with van der Waals surface area (Å²) in [5.74, 6) is -0.246. The van der Waals surface area contributed by atoms with Crippen LogP contribution in [0.5, 0.6) is 0 Å². The third-order valence-electron chi connectivity index (χ3n) is 3.33. The number of rotatable bonds is 5. The molecule has 0 amide bonds. The van der Waals surface area contributed by atoms with E-state index in [-0.39, 0.29) is 30.1 Å². The molecule has 3 unspecified atom stereocenters. The van der Waals surface area contributed by atoms with Gasteiger partial charge in [-0.3, -0.25) is 4.79 Å². The van der Waals surface area contributed by atoms with Crippen LogP contribution in [0, 0.1) is 5.92 Å². The number of hydrogen-bond acceptors (Lipinski definition) is 4. The zero-order valence-electron chi connectivity index (χ0n) is 11.5. The molecule has 0 aromatic heterocycles. The molecule has 4 atom stereocenters. The average molecular weight is 307 g/mol. The molecule has 0 bridgehead atoms. The second-order valence-electron chi connectivity index (χ2n) is 4.71. The maximum Gasteiger partial charge on any atom is 0.323 e. The van der Waals surface area contributed by atoms with Crippen molar-refractivity contribution >= 4 is 29.2 Å². The Morgan fingerprint density at radius 2 is 2.05 bits per heavy atom. The molecule has 0 aromatic rings. The van der Waals surface area contributed by atoms with Gasteiger partial charge in [-0.25, -0.2) is 0 Å². The van der Waals surface area contributed by atoms with Crippen molar-refractivity contribution in [2.75, 3.05) is 7.05 Å². The molecule has 0 fully saturated rings. The fourth-order valence-corrected chi connectivity index (χ4v) is 2.31. The molecule has 1 aliphatic rings. The van der Waals surface area contributed by atoms with Crippen molar-refractivity contribution in [2.45, 2.75) is 39.0 Å². The van der Waals surface area contributed by atoms with Crippen molar-refractivity contribution in [3.63, 3.8) is 0 Å². The number of halogens is 2. The fraction of sp³-hybridized carbons (Fsp3) is 0.615. The minimum atomic E-state index is -0.325. The van der Waals surface area contributed by atoms with Gasteiger partial charge in [0.25, 0.3) is 0 Å². The van der Waals surface area contributed by atoms with Crippen molar-refractivity contribution in [1.82, 2.24) is 10.6 Å². The SMILES string of the molecule is CN[C@@H](C)C(=O)OC(C)C(C)C1NC=C(Cl)C=C1Cl. The van der Waals surface area contributed by atoms with Crippen LogP contribution in [-0.2, 0) is 9.53 Å².